The Morgan fingerprint density at radius 2 is 1.79 bits per heavy atom. The molecule has 2 aromatic carbocycles. The Hall–Kier alpha value is -3.66. The lowest BCUT2D eigenvalue weighted by Gasteiger charge is -2.22. The Morgan fingerprint density at radius 1 is 1.06 bits per heavy atom. The van der Waals surface area contributed by atoms with Crippen molar-refractivity contribution in [1.82, 2.24) is 5.32 Å². The summed E-state index contributed by atoms with van der Waals surface area (Å²) in [4.78, 5) is 26.7. The summed E-state index contributed by atoms with van der Waals surface area (Å²) in [5.74, 6) is 2.06. The molecule has 2 unspecified atom stereocenters. The van der Waals surface area contributed by atoms with Crippen molar-refractivity contribution in [1.29, 1.82) is 0 Å². The van der Waals surface area contributed by atoms with Crippen LogP contribution in [0, 0.1) is 5.92 Å². The van der Waals surface area contributed by atoms with Gasteiger partial charge in [0.25, 0.3) is 0 Å². The number of fused-ring (bicyclic) bond motifs is 2. The van der Waals surface area contributed by atoms with Gasteiger partial charge in [0.15, 0.2) is 23.0 Å². The topological polar surface area (TPSA) is 116 Å². The number of benzene rings is 2. The van der Waals surface area contributed by atoms with Crippen molar-refractivity contribution in [2.45, 2.75) is 12.5 Å². The molecular weight excluding hydrogens is 432 g/mol. The Kier molecular flexibility index (Phi) is 5.82. The maximum absolute atomic E-state index is 12.6. The Bertz CT molecular complexity index is 1060. The largest absolute Gasteiger partial charge is 0.491 e. The molecule has 3 aliphatic heterocycles. The van der Waals surface area contributed by atoms with E-state index < -0.39 is 12.0 Å². The van der Waals surface area contributed by atoms with Crippen molar-refractivity contribution >= 4 is 17.5 Å². The molecule has 3 heterocycles. The van der Waals surface area contributed by atoms with Crippen LogP contribution in [-0.2, 0) is 9.59 Å². The Balaban J connectivity index is 1.10. The van der Waals surface area contributed by atoms with Gasteiger partial charge in [-0.1, -0.05) is 0 Å². The summed E-state index contributed by atoms with van der Waals surface area (Å²) < 4.78 is 27.2. The van der Waals surface area contributed by atoms with Crippen molar-refractivity contribution in [3.8, 4) is 28.7 Å². The Labute approximate surface area is 189 Å². The number of anilines is 1. The van der Waals surface area contributed by atoms with Gasteiger partial charge in [-0.15, -0.1) is 0 Å². The van der Waals surface area contributed by atoms with Crippen LogP contribution in [0.5, 0.6) is 28.7 Å². The predicted octanol–water partition coefficient (Wildman–Crippen LogP) is 1.10. The molecule has 0 aliphatic carbocycles. The van der Waals surface area contributed by atoms with Crippen molar-refractivity contribution in [2.24, 2.45) is 5.92 Å². The number of ether oxygens (including phenoxy) is 5. The zero-order chi connectivity index (χ0) is 22.8. The third kappa shape index (κ3) is 4.61. The number of hydrogen-bond acceptors (Lipinski definition) is 8. The quantitative estimate of drug-likeness (QED) is 0.636. The number of aliphatic hydroxyl groups excluding tert-OH is 1. The van der Waals surface area contributed by atoms with Gasteiger partial charge < -0.3 is 39.0 Å². The average molecular weight is 456 g/mol. The molecular formula is C23H24N2O8. The molecule has 1 saturated heterocycles. The first-order valence-corrected chi connectivity index (χ1v) is 10.7. The van der Waals surface area contributed by atoms with E-state index in [4.69, 9.17) is 23.7 Å². The summed E-state index contributed by atoms with van der Waals surface area (Å²) in [5, 5.41) is 12.9. The molecule has 174 valence electrons. The highest BCUT2D eigenvalue weighted by Crippen LogP contribution is 2.36. The van der Waals surface area contributed by atoms with Crippen LogP contribution >= 0.6 is 0 Å². The van der Waals surface area contributed by atoms with E-state index in [9.17, 15) is 14.7 Å². The molecule has 10 heteroatoms. The van der Waals surface area contributed by atoms with Crippen LogP contribution < -0.4 is 33.9 Å². The zero-order valence-electron chi connectivity index (χ0n) is 17.8. The van der Waals surface area contributed by atoms with E-state index in [1.54, 1.807) is 41.3 Å². The molecule has 0 spiro atoms. The summed E-state index contributed by atoms with van der Waals surface area (Å²) in [6.07, 6.45) is -0.810. The lowest BCUT2D eigenvalue weighted by atomic mass is 10.1. The van der Waals surface area contributed by atoms with Gasteiger partial charge in [0.2, 0.25) is 18.6 Å². The lowest BCUT2D eigenvalue weighted by molar-refractivity contribution is -0.126. The number of aliphatic hydroxyl groups is 1. The van der Waals surface area contributed by atoms with Gasteiger partial charge in [-0.3, -0.25) is 9.59 Å². The number of rotatable bonds is 7. The van der Waals surface area contributed by atoms with E-state index in [0.717, 1.165) is 0 Å². The van der Waals surface area contributed by atoms with E-state index >= 15 is 0 Å². The zero-order valence-corrected chi connectivity index (χ0v) is 17.8. The number of amides is 2. The molecule has 2 aromatic rings. The summed E-state index contributed by atoms with van der Waals surface area (Å²) in [7, 11) is 0. The first-order chi connectivity index (χ1) is 16.1. The first-order valence-electron chi connectivity index (χ1n) is 10.7. The second-order valence-electron chi connectivity index (χ2n) is 7.96. The molecule has 3 aliphatic rings. The molecule has 1 fully saturated rings. The highest BCUT2D eigenvalue weighted by atomic mass is 16.7. The fourth-order valence-electron chi connectivity index (χ4n) is 3.91. The summed E-state index contributed by atoms with van der Waals surface area (Å²) >= 11 is 0. The van der Waals surface area contributed by atoms with Gasteiger partial charge in [-0.2, -0.15) is 0 Å². The van der Waals surface area contributed by atoms with Crippen LogP contribution in [0.15, 0.2) is 36.4 Å². The SMILES string of the molecule is O=C(NCC(O)COc1ccc2c(c1)OCO2)C1CC(=O)N(c2ccc3c(c2)OCCO3)C1. The van der Waals surface area contributed by atoms with Gasteiger partial charge in [-0.25, -0.2) is 0 Å². The minimum atomic E-state index is -0.912. The molecule has 2 N–H and O–H groups in total. The molecule has 2 atom stereocenters. The molecule has 0 aromatic heterocycles. The average Bonchev–Trinajstić information content (AvgIpc) is 3.47. The maximum Gasteiger partial charge on any atom is 0.231 e. The molecule has 0 radical (unpaired) electrons. The van der Waals surface area contributed by atoms with Crippen LogP contribution in [-0.4, -0.2) is 62.7 Å². The highest BCUT2D eigenvalue weighted by Gasteiger charge is 2.35. The van der Waals surface area contributed by atoms with E-state index in [1.165, 1.54) is 0 Å². The summed E-state index contributed by atoms with van der Waals surface area (Å²) in [6, 6.07) is 10.4. The van der Waals surface area contributed by atoms with Crippen LogP contribution in [0.2, 0.25) is 0 Å². The number of carbonyl (C=O) groups is 2. The standard InChI is InChI=1S/C23H24N2O8/c26-16(12-31-17-2-4-19-21(9-17)33-13-32-19)10-24-23(28)14-7-22(27)25(11-14)15-1-3-18-20(8-15)30-6-5-29-18/h1-4,8-9,14,16,26H,5-7,10-13H2,(H,24,28). The molecule has 0 saturated carbocycles. The van der Waals surface area contributed by atoms with Crippen molar-refractivity contribution in [2.75, 3.05) is 44.6 Å². The fourth-order valence-corrected chi connectivity index (χ4v) is 3.91. The lowest BCUT2D eigenvalue weighted by Crippen LogP contribution is -2.39. The van der Waals surface area contributed by atoms with E-state index in [2.05, 4.69) is 5.32 Å². The smallest absolute Gasteiger partial charge is 0.231 e. The van der Waals surface area contributed by atoms with Gasteiger partial charge in [0.05, 0.1) is 5.92 Å². The van der Waals surface area contributed by atoms with Gasteiger partial charge in [0.1, 0.15) is 31.7 Å². The third-order valence-electron chi connectivity index (χ3n) is 5.63. The summed E-state index contributed by atoms with van der Waals surface area (Å²) in [6.45, 7) is 1.38. The highest BCUT2D eigenvalue weighted by molar-refractivity contribution is 6.00. The van der Waals surface area contributed by atoms with Gasteiger partial charge in [0, 0.05) is 37.3 Å². The normalized spacial score (nSPS) is 19.4. The minimum Gasteiger partial charge on any atom is -0.491 e. The second-order valence-corrected chi connectivity index (χ2v) is 7.96. The van der Waals surface area contributed by atoms with E-state index in [1.807, 2.05) is 0 Å². The second kappa shape index (κ2) is 9.07. The van der Waals surface area contributed by atoms with Crippen molar-refractivity contribution < 1.29 is 38.4 Å². The Morgan fingerprint density at radius 3 is 2.67 bits per heavy atom. The fraction of sp³-hybridized carbons (Fsp3) is 0.391. The van der Waals surface area contributed by atoms with Gasteiger partial charge in [-0.05, 0) is 24.3 Å². The third-order valence-corrected chi connectivity index (χ3v) is 5.63. The van der Waals surface area contributed by atoms with Crippen LogP contribution in [0.1, 0.15) is 6.42 Å². The summed E-state index contributed by atoms with van der Waals surface area (Å²) in [5.41, 5.74) is 0.664. The van der Waals surface area contributed by atoms with Crippen molar-refractivity contribution in [3.05, 3.63) is 36.4 Å². The van der Waals surface area contributed by atoms with E-state index in [0.29, 0.717) is 47.6 Å². The maximum atomic E-state index is 12.6. The number of nitrogens with one attached hydrogen (secondary N) is 1. The van der Waals surface area contributed by atoms with Crippen LogP contribution in [0.25, 0.3) is 0 Å². The minimum absolute atomic E-state index is 0.00710. The van der Waals surface area contributed by atoms with Crippen molar-refractivity contribution in [3.63, 3.8) is 0 Å². The van der Waals surface area contributed by atoms with Gasteiger partial charge >= 0.3 is 0 Å². The van der Waals surface area contributed by atoms with E-state index in [-0.39, 0.29) is 44.7 Å². The predicted molar refractivity (Wildman–Crippen MR) is 115 cm³/mol. The van der Waals surface area contributed by atoms with Crippen LogP contribution in [0.3, 0.4) is 0 Å². The number of hydrogen-bond donors (Lipinski definition) is 2. The molecule has 0 bridgehead atoms. The molecule has 5 rings (SSSR count). The molecule has 10 nitrogen and oxygen atoms in total. The molecule has 2 amide bonds. The molecule has 33 heavy (non-hydrogen) atoms. The first kappa shape index (κ1) is 21.2. The number of carbonyl (C=O) groups excluding carboxylic acids is 2. The number of nitrogens with zero attached hydrogens (tertiary/aromatic N) is 1. The monoisotopic (exact) mass is 456 g/mol. The van der Waals surface area contributed by atoms with Crippen LogP contribution in [0.4, 0.5) is 5.69 Å².